The Balaban J connectivity index is 1.77. The number of nitrogens with zero attached hydrogens (tertiary/aromatic N) is 2. The van der Waals surface area contributed by atoms with Crippen molar-refractivity contribution in [2.45, 2.75) is 13.3 Å². The first kappa shape index (κ1) is 18.4. The van der Waals surface area contributed by atoms with Gasteiger partial charge in [0.1, 0.15) is 17.9 Å². The van der Waals surface area contributed by atoms with Gasteiger partial charge in [-0.3, -0.25) is 0 Å². The standard InChI is InChI=1S/C20H16F3N3O/c1-2-4-14-5-3-6-15(11-14)18-12-19(25-13-24-18)26-16-7-9-17(10-8-16)27-20(21,22)23/h2-13H,1H3,(H,24,25,26)/b4-2+. The topological polar surface area (TPSA) is 47.0 Å². The molecule has 0 bridgehead atoms. The molecule has 0 aliphatic rings. The van der Waals surface area contributed by atoms with Gasteiger partial charge in [0.05, 0.1) is 5.69 Å². The van der Waals surface area contributed by atoms with Crippen LogP contribution in [0.15, 0.2) is 67.0 Å². The number of nitrogens with one attached hydrogen (secondary N) is 1. The minimum atomic E-state index is -4.71. The van der Waals surface area contributed by atoms with E-state index in [1.165, 1.54) is 30.6 Å². The normalized spacial score (nSPS) is 11.6. The van der Waals surface area contributed by atoms with Crippen molar-refractivity contribution in [3.8, 4) is 17.0 Å². The minimum absolute atomic E-state index is 0.280. The van der Waals surface area contributed by atoms with E-state index in [0.29, 0.717) is 11.5 Å². The maximum Gasteiger partial charge on any atom is 0.573 e. The van der Waals surface area contributed by atoms with Crippen LogP contribution >= 0.6 is 0 Å². The van der Waals surface area contributed by atoms with Crippen molar-refractivity contribution in [3.05, 3.63) is 72.6 Å². The van der Waals surface area contributed by atoms with Gasteiger partial charge in [0.25, 0.3) is 0 Å². The molecule has 0 radical (unpaired) electrons. The minimum Gasteiger partial charge on any atom is -0.406 e. The molecule has 0 aliphatic heterocycles. The maximum atomic E-state index is 12.2. The van der Waals surface area contributed by atoms with Gasteiger partial charge in [-0.15, -0.1) is 13.2 Å². The Hall–Kier alpha value is -3.35. The quantitative estimate of drug-likeness (QED) is 0.614. The summed E-state index contributed by atoms with van der Waals surface area (Å²) in [7, 11) is 0. The summed E-state index contributed by atoms with van der Waals surface area (Å²) in [5.41, 5.74) is 3.31. The van der Waals surface area contributed by atoms with Crippen molar-refractivity contribution >= 4 is 17.6 Å². The highest BCUT2D eigenvalue weighted by Crippen LogP contribution is 2.26. The molecule has 138 valence electrons. The van der Waals surface area contributed by atoms with E-state index in [2.05, 4.69) is 20.0 Å². The smallest absolute Gasteiger partial charge is 0.406 e. The Bertz CT molecular complexity index is 938. The lowest BCUT2D eigenvalue weighted by Crippen LogP contribution is -2.16. The Morgan fingerprint density at radius 1 is 1.00 bits per heavy atom. The van der Waals surface area contributed by atoms with Gasteiger partial charge < -0.3 is 10.1 Å². The second-order valence-corrected chi connectivity index (χ2v) is 5.61. The van der Waals surface area contributed by atoms with Gasteiger partial charge in [0.15, 0.2) is 0 Å². The van der Waals surface area contributed by atoms with E-state index in [1.807, 2.05) is 43.3 Å². The summed E-state index contributed by atoms with van der Waals surface area (Å²) in [6, 6.07) is 15.1. The molecule has 27 heavy (non-hydrogen) atoms. The van der Waals surface area contributed by atoms with Crippen molar-refractivity contribution in [2.24, 2.45) is 0 Å². The van der Waals surface area contributed by atoms with Crippen LogP contribution in [0.1, 0.15) is 12.5 Å². The van der Waals surface area contributed by atoms with Crippen LogP contribution < -0.4 is 10.1 Å². The number of hydrogen-bond donors (Lipinski definition) is 1. The van der Waals surface area contributed by atoms with E-state index in [1.54, 1.807) is 6.07 Å². The molecule has 0 saturated carbocycles. The van der Waals surface area contributed by atoms with E-state index in [-0.39, 0.29) is 5.75 Å². The summed E-state index contributed by atoms with van der Waals surface area (Å²) >= 11 is 0. The number of halogens is 3. The van der Waals surface area contributed by atoms with E-state index in [9.17, 15) is 13.2 Å². The third-order valence-corrected chi connectivity index (χ3v) is 3.57. The molecule has 3 aromatic rings. The highest BCUT2D eigenvalue weighted by atomic mass is 19.4. The van der Waals surface area contributed by atoms with Crippen LogP contribution in [-0.2, 0) is 0 Å². The molecule has 1 N–H and O–H groups in total. The zero-order chi connectivity index (χ0) is 19.3. The Kier molecular flexibility index (Phi) is 5.40. The molecule has 0 saturated heterocycles. The molecule has 0 aliphatic carbocycles. The SMILES string of the molecule is C/C=C/c1cccc(-c2cc(Nc3ccc(OC(F)(F)F)cc3)ncn2)c1. The number of rotatable bonds is 5. The summed E-state index contributed by atoms with van der Waals surface area (Å²) in [6.45, 7) is 1.95. The summed E-state index contributed by atoms with van der Waals surface area (Å²) in [6.07, 6.45) is 0.672. The van der Waals surface area contributed by atoms with Crippen LogP contribution in [0.3, 0.4) is 0 Å². The van der Waals surface area contributed by atoms with Crippen molar-refractivity contribution in [3.63, 3.8) is 0 Å². The average molecular weight is 371 g/mol. The lowest BCUT2D eigenvalue weighted by Gasteiger charge is -2.10. The number of alkyl halides is 3. The van der Waals surface area contributed by atoms with Gasteiger partial charge in [0, 0.05) is 17.3 Å². The Morgan fingerprint density at radius 3 is 2.48 bits per heavy atom. The van der Waals surface area contributed by atoms with Crippen molar-refractivity contribution < 1.29 is 17.9 Å². The van der Waals surface area contributed by atoms with Gasteiger partial charge in [-0.05, 0) is 42.8 Å². The molecule has 0 unspecified atom stereocenters. The van der Waals surface area contributed by atoms with Crippen LogP contribution in [0.4, 0.5) is 24.7 Å². The average Bonchev–Trinajstić information content (AvgIpc) is 2.63. The zero-order valence-corrected chi connectivity index (χ0v) is 14.4. The maximum absolute atomic E-state index is 12.2. The van der Waals surface area contributed by atoms with Gasteiger partial charge in [-0.1, -0.05) is 30.4 Å². The molecule has 2 aromatic carbocycles. The van der Waals surface area contributed by atoms with Gasteiger partial charge in [-0.2, -0.15) is 0 Å². The van der Waals surface area contributed by atoms with Crippen LogP contribution in [0.5, 0.6) is 5.75 Å². The van der Waals surface area contributed by atoms with Crippen molar-refractivity contribution in [1.82, 2.24) is 9.97 Å². The fourth-order valence-corrected chi connectivity index (χ4v) is 2.47. The zero-order valence-electron chi connectivity index (χ0n) is 14.4. The first-order chi connectivity index (χ1) is 12.9. The summed E-state index contributed by atoms with van der Waals surface area (Å²) in [5, 5.41) is 3.04. The predicted molar refractivity (Wildman–Crippen MR) is 98.6 cm³/mol. The molecule has 1 aromatic heterocycles. The Labute approximate surface area is 154 Å². The number of anilines is 2. The second kappa shape index (κ2) is 7.90. The summed E-state index contributed by atoms with van der Waals surface area (Å²) in [5.74, 6) is 0.248. The highest BCUT2D eigenvalue weighted by Gasteiger charge is 2.30. The van der Waals surface area contributed by atoms with E-state index in [0.717, 1.165) is 16.8 Å². The lowest BCUT2D eigenvalue weighted by atomic mass is 10.1. The molecule has 3 rings (SSSR count). The number of benzene rings is 2. The summed E-state index contributed by atoms with van der Waals surface area (Å²) < 4.78 is 40.5. The van der Waals surface area contributed by atoms with Crippen LogP contribution in [-0.4, -0.2) is 16.3 Å². The fraction of sp³-hybridized carbons (Fsp3) is 0.100. The molecular weight excluding hydrogens is 355 g/mol. The van der Waals surface area contributed by atoms with Gasteiger partial charge in [-0.25, -0.2) is 9.97 Å². The van der Waals surface area contributed by atoms with Crippen molar-refractivity contribution in [1.29, 1.82) is 0 Å². The third-order valence-electron chi connectivity index (χ3n) is 3.57. The Morgan fingerprint density at radius 2 is 1.78 bits per heavy atom. The molecule has 0 amide bonds. The number of hydrogen-bond acceptors (Lipinski definition) is 4. The third kappa shape index (κ3) is 5.31. The first-order valence-corrected chi connectivity index (χ1v) is 8.11. The van der Waals surface area contributed by atoms with Gasteiger partial charge in [0.2, 0.25) is 0 Å². The number of ether oxygens (including phenoxy) is 1. The monoisotopic (exact) mass is 371 g/mol. The van der Waals surface area contributed by atoms with Crippen LogP contribution in [0.2, 0.25) is 0 Å². The number of aromatic nitrogens is 2. The first-order valence-electron chi connectivity index (χ1n) is 8.11. The molecule has 0 atom stereocenters. The van der Waals surface area contributed by atoms with Crippen LogP contribution in [0, 0.1) is 0 Å². The van der Waals surface area contributed by atoms with Gasteiger partial charge >= 0.3 is 6.36 Å². The second-order valence-electron chi connectivity index (χ2n) is 5.61. The highest BCUT2D eigenvalue weighted by molar-refractivity contribution is 5.68. The molecule has 1 heterocycles. The molecular formula is C20H16F3N3O. The van der Waals surface area contributed by atoms with E-state index < -0.39 is 6.36 Å². The summed E-state index contributed by atoms with van der Waals surface area (Å²) in [4.78, 5) is 8.44. The number of allylic oxidation sites excluding steroid dienone is 1. The van der Waals surface area contributed by atoms with E-state index >= 15 is 0 Å². The van der Waals surface area contributed by atoms with Crippen LogP contribution in [0.25, 0.3) is 17.3 Å². The lowest BCUT2D eigenvalue weighted by molar-refractivity contribution is -0.274. The molecule has 4 nitrogen and oxygen atoms in total. The molecule has 0 fully saturated rings. The largest absolute Gasteiger partial charge is 0.573 e. The van der Waals surface area contributed by atoms with E-state index in [4.69, 9.17) is 0 Å². The molecule has 7 heteroatoms. The fourth-order valence-electron chi connectivity index (χ4n) is 2.47. The predicted octanol–water partition coefficient (Wildman–Crippen LogP) is 5.82. The molecule has 0 spiro atoms. The van der Waals surface area contributed by atoms with Crippen molar-refractivity contribution in [2.75, 3.05) is 5.32 Å².